The molecule has 3 aromatic heterocycles. The Balaban J connectivity index is 1.92. The molecule has 0 aliphatic carbocycles. The quantitative estimate of drug-likeness (QED) is 0.595. The number of aliphatic hydroxyl groups is 1. The molecule has 0 amide bonds. The molecule has 0 saturated carbocycles. The summed E-state index contributed by atoms with van der Waals surface area (Å²) in [4.78, 5) is 11.5. The molecule has 4 aromatic rings. The number of imidazole rings is 1. The summed E-state index contributed by atoms with van der Waals surface area (Å²) in [5, 5.41) is 12.7. The largest absolute Gasteiger partial charge is 0.392 e. The smallest absolute Gasteiger partial charge is 0.181 e. The van der Waals surface area contributed by atoms with Gasteiger partial charge in [-0.2, -0.15) is 0 Å². The molecular weight excluding hydrogens is 320 g/mol. The maximum absolute atomic E-state index is 9.54. The van der Waals surface area contributed by atoms with Crippen LogP contribution in [0.4, 0.5) is 5.82 Å². The predicted molar refractivity (Wildman–Crippen MR) is 98.7 cm³/mol. The van der Waals surface area contributed by atoms with E-state index in [4.69, 9.17) is 4.98 Å². The third-order valence-corrected chi connectivity index (χ3v) is 5.06. The van der Waals surface area contributed by atoms with Crippen LogP contribution >= 0.6 is 11.3 Å². The molecule has 0 aliphatic rings. The molecular formula is C18H18N4OS. The van der Waals surface area contributed by atoms with Gasteiger partial charge in [-0.15, -0.1) is 11.3 Å². The summed E-state index contributed by atoms with van der Waals surface area (Å²) >= 11 is 1.72. The van der Waals surface area contributed by atoms with Crippen LogP contribution < -0.4 is 5.32 Å². The fraction of sp³-hybridized carbons (Fsp3) is 0.222. The van der Waals surface area contributed by atoms with E-state index in [1.54, 1.807) is 18.3 Å². The molecule has 0 bridgehead atoms. The number of anilines is 1. The highest BCUT2D eigenvalue weighted by Crippen LogP contribution is 2.35. The number of aliphatic hydroxyl groups excluding tert-OH is 1. The van der Waals surface area contributed by atoms with Crippen LogP contribution in [0.2, 0.25) is 0 Å². The molecule has 0 spiro atoms. The number of nitrogens with one attached hydrogen (secondary N) is 1. The highest BCUT2D eigenvalue weighted by molar-refractivity contribution is 7.21. The molecule has 122 valence electrons. The number of aryl methyl sites for hydroxylation is 1. The van der Waals surface area contributed by atoms with Crippen molar-refractivity contribution in [3.63, 3.8) is 0 Å². The molecule has 3 heterocycles. The van der Waals surface area contributed by atoms with E-state index in [0.717, 1.165) is 21.7 Å². The van der Waals surface area contributed by atoms with Crippen molar-refractivity contribution < 1.29 is 5.11 Å². The van der Waals surface area contributed by atoms with E-state index in [0.29, 0.717) is 12.4 Å². The lowest BCUT2D eigenvalue weighted by atomic mass is 10.2. The second-order valence-corrected chi connectivity index (χ2v) is 6.95. The topological polar surface area (TPSA) is 62.5 Å². The maximum Gasteiger partial charge on any atom is 0.181 e. The van der Waals surface area contributed by atoms with Crippen LogP contribution in [0, 0.1) is 6.92 Å². The lowest BCUT2D eigenvalue weighted by molar-refractivity contribution is 0.208. The van der Waals surface area contributed by atoms with Crippen molar-refractivity contribution in [3.8, 4) is 10.4 Å². The van der Waals surface area contributed by atoms with Crippen molar-refractivity contribution in [2.45, 2.75) is 20.0 Å². The van der Waals surface area contributed by atoms with Gasteiger partial charge in [0.2, 0.25) is 0 Å². The van der Waals surface area contributed by atoms with Gasteiger partial charge in [0, 0.05) is 23.3 Å². The first-order valence-corrected chi connectivity index (χ1v) is 8.70. The zero-order valence-corrected chi connectivity index (χ0v) is 14.3. The molecule has 0 saturated heterocycles. The van der Waals surface area contributed by atoms with Crippen molar-refractivity contribution >= 4 is 33.1 Å². The Labute approximate surface area is 143 Å². The lowest BCUT2D eigenvalue weighted by Crippen LogP contribution is -2.16. The number of rotatable bonds is 4. The summed E-state index contributed by atoms with van der Waals surface area (Å²) in [7, 11) is 0. The summed E-state index contributed by atoms with van der Waals surface area (Å²) in [5.41, 5.74) is 3.98. The minimum absolute atomic E-state index is 0.440. The van der Waals surface area contributed by atoms with E-state index in [1.807, 2.05) is 31.3 Å². The standard InChI is InChI=1S/C18H18N4OS/c1-11-9-20-17-16(19-10-12(2)23)21-14-8-15(24-18(14)22(11)17)13-6-4-3-5-7-13/h3-9,12,23H,10H2,1-2H3,(H,19,21). The van der Waals surface area contributed by atoms with Gasteiger partial charge in [0.1, 0.15) is 10.3 Å². The number of fused-ring (bicyclic) bond motifs is 3. The summed E-state index contributed by atoms with van der Waals surface area (Å²) < 4.78 is 2.13. The molecule has 4 rings (SSSR count). The Kier molecular flexibility index (Phi) is 3.70. The van der Waals surface area contributed by atoms with Crippen molar-refractivity contribution in [2.75, 3.05) is 11.9 Å². The number of hydrogen-bond acceptors (Lipinski definition) is 5. The molecule has 5 nitrogen and oxygen atoms in total. The van der Waals surface area contributed by atoms with Gasteiger partial charge in [-0.25, -0.2) is 9.97 Å². The molecule has 24 heavy (non-hydrogen) atoms. The van der Waals surface area contributed by atoms with Crippen LogP contribution in [0.5, 0.6) is 0 Å². The van der Waals surface area contributed by atoms with Gasteiger partial charge >= 0.3 is 0 Å². The lowest BCUT2D eigenvalue weighted by Gasteiger charge is -2.09. The average Bonchev–Trinajstić information content (AvgIpc) is 3.17. The molecule has 6 heteroatoms. The minimum Gasteiger partial charge on any atom is -0.392 e. The van der Waals surface area contributed by atoms with Gasteiger partial charge in [0.15, 0.2) is 11.5 Å². The van der Waals surface area contributed by atoms with Gasteiger partial charge in [-0.3, -0.25) is 4.40 Å². The van der Waals surface area contributed by atoms with Gasteiger partial charge < -0.3 is 10.4 Å². The predicted octanol–water partition coefficient (Wildman–Crippen LogP) is 3.71. The monoisotopic (exact) mass is 338 g/mol. The zero-order chi connectivity index (χ0) is 16.7. The first-order chi connectivity index (χ1) is 11.6. The number of thiophene rings is 1. The third kappa shape index (κ3) is 2.53. The summed E-state index contributed by atoms with van der Waals surface area (Å²) in [6, 6.07) is 12.4. The Morgan fingerprint density at radius 3 is 2.83 bits per heavy atom. The number of hydrogen-bond donors (Lipinski definition) is 2. The molecule has 1 unspecified atom stereocenters. The Hall–Kier alpha value is -2.44. The summed E-state index contributed by atoms with van der Waals surface area (Å²) in [5.74, 6) is 0.703. The molecule has 0 radical (unpaired) electrons. The van der Waals surface area contributed by atoms with Gasteiger partial charge in [0.25, 0.3) is 0 Å². The van der Waals surface area contributed by atoms with E-state index in [2.05, 4.69) is 32.9 Å². The highest BCUT2D eigenvalue weighted by atomic mass is 32.1. The number of benzene rings is 1. The van der Waals surface area contributed by atoms with Gasteiger partial charge in [0.05, 0.1) is 6.10 Å². The molecule has 1 aromatic carbocycles. The van der Waals surface area contributed by atoms with Crippen molar-refractivity contribution in [2.24, 2.45) is 0 Å². The third-order valence-electron chi connectivity index (χ3n) is 3.90. The van der Waals surface area contributed by atoms with E-state index in [1.165, 1.54) is 10.4 Å². The average molecular weight is 338 g/mol. The number of nitrogens with zero attached hydrogens (tertiary/aromatic N) is 3. The molecule has 0 aliphatic heterocycles. The van der Waals surface area contributed by atoms with Crippen LogP contribution in [-0.4, -0.2) is 32.1 Å². The first kappa shape index (κ1) is 15.1. The van der Waals surface area contributed by atoms with Crippen molar-refractivity contribution in [1.29, 1.82) is 0 Å². The Morgan fingerprint density at radius 2 is 2.08 bits per heavy atom. The van der Waals surface area contributed by atoms with Crippen LogP contribution in [0.15, 0.2) is 42.6 Å². The van der Waals surface area contributed by atoms with Crippen molar-refractivity contribution in [1.82, 2.24) is 14.4 Å². The Bertz CT molecular complexity index is 1000. The van der Waals surface area contributed by atoms with Gasteiger partial charge in [-0.1, -0.05) is 30.3 Å². The second kappa shape index (κ2) is 5.89. The van der Waals surface area contributed by atoms with Crippen LogP contribution in [0.25, 0.3) is 26.4 Å². The highest BCUT2D eigenvalue weighted by Gasteiger charge is 2.15. The molecule has 1 atom stereocenters. The minimum atomic E-state index is -0.444. The van der Waals surface area contributed by atoms with Crippen LogP contribution in [0.1, 0.15) is 12.6 Å². The first-order valence-electron chi connectivity index (χ1n) is 7.88. The van der Waals surface area contributed by atoms with Crippen LogP contribution in [-0.2, 0) is 0 Å². The SMILES string of the molecule is Cc1cnc2c(NCC(C)O)nc3cc(-c4ccccc4)sc3n12. The molecule has 0 fully saturated rings. The van der Waals surface area contributed by atoms with E-state index < -0.39 is 6.10 Å². The number of aromatic nitrogens is 3. The Morgan fingerprint density at radius 1 is 1.29 bits per heavy atom. The normalized spacial score (nSPS) is 12.8. The fourth-order valence-corrected chi connectivity index (χ4v) is 3.91. The summed E-state index contributed by atoms with van der Waals surface area (Å²) in [6.45, 7) is 4.23. The van der Waals surface area contributed by atoms with E-state index in [-0.39, 0.29) is 0 Å². The maximum atomic E-state index is 9.54. The fourth-order valence-electron chi connectivity index (χ4n) is 2.75. The van der Waals surface area contributed by atoms with E-state index in [9.17, 15) is 5.11 Å². The van der Waals surface area contributed by atoms with Crippen molar-refractivity contribution in [3.05, 3.63) is 48.3 Å². The summed E-state index contributed by atoms with van der Waals surface area (Å²) in [6.07, 6.45) is 1.41. The zero-order valence-electron chi connectivity index (χ0n) is 13.5. The molecule has 2 N–H and O–H groups in total. The van der Waals surface area contributed by atoms with Gasteiger partial charge in [-0.05, 0) is 25.5 Å². The second-order valence-electron chi connectivity index (χ2n) is 5.92. The van der Waals surface area contributed by atoms with Crippen LogP contribution in [0.3, 0.4) is 0 Å². The van der Waals surface area contributed by atoms with E-state index >= 15 is 0 Å².